The van der Waals surface area contributed by atoms with E-state index in [0.29, 0.717) is 0 Å². The van der Waals surface area contributed by atoms with Gasteiger partial charge in [-0.05, 0) is 42.0 Å². The van der Waals surface area contributed by atoms with Crippen LogP contribution in [0.3, 0.4) is 0 Å². The fraction of sp³-hybridized carbons (Fsp3) is 0.0833. The quantitative estimate of drug-likeness (QED) is 0.738. The molecule has 76 valence electrons. The number of hydrogen-bond acceptors (Lipinski definition) is 3. The first-order valence-corrected chi connectivity index (χ1v) is 6.82. The molecular formula is C12H11NS2. The van der Waals surface area contributed by atoms with E-state index in [4.69, 9.17) is 0 Å². The highest BCUT2D eigenvalue weighted by molar-refractivity contribution is 8.76. The molecule has 1 heterocycles. The lowest BCUT2D eigenvalue weighted by Gasteiger charge is -2.00. The SMILES string of the molecule is Cc1ccc(SSc2ccccn2)cc1. The van der Waals surface area contributed by atoms with Crippen LogP contribution in [0.5, 0.6) is 0 Å². The second-order valence-corrected chi connectivity index (χ2v) is 5.37. The Balaban J connectivity index is 1.96. The van der Waals surface area contributed by atoms with Crippen LogP contribution in [0, 0.1) is 6.92 Å². The molecule has 0 amide bonds. The van der Waals surface area contributed by atoms with Crippen LogP contribution < -0.4 is 0 Å². The molecule has 0 unspecified atom stereocenters. The van der Waals surface area contributed by atoms with Gasteiger partial charge >= 0.3 is 0 Å². The molecular weight excluding hydrogens is 222 g/mol. The third kappa shape index (κ3) is 3.29. The van der Waals surface area contributed by atoms with Crippen molar-refractivity contribution >= 4 is 21.6 Å². The zero-order valence-electron chi connectivity index (χ0n) is 8.38. The molecule has 0 aliphatic heterocycles. The zero-order chi connectivity index (χ0) is 10.5. The maximum Gasteiger partial charge on any atom is 0.107 e. The molecule has 1 nitrogen and oxygen atoms in total. The first-order chi connectivity index (χ1) is 7.34. The van der Waals surface area contributed by atoms with Gasteiger partial charge in [0.15, 0.2) is 0 Å². The maximum absolute atomic E-state index is 4.25. The van der Waals surface area contributed by atoms with E-state index in [1.165, 1.54) is 10.5 Å². The molecule has 2 rings (SSSR count). The van der Waals surface area contributed by atoms with Gasteiger partial charge in [0.25, 0.3) is 0 Å². The van der Waals surface area contributed by atoms with E-state index in [1.807, 2.05) is 24.4 Å². The Morgan fingerprint density at radius 2 is 1.73 bits per heavy atom. The van der Waals surface area contributed by atoms with E-state index >= 15 is 0 Å². The van der Waals surface area contributed by atoms with Crippen LogP contribution in [-0.2, 0) is 0 Å². The summed E-state index contributed by atoms with van der Waals surface area (Å²) < 4.78 is 0. The standard InChI is InChI=1S/C12H11NS2/c1-10-5-7-11(8-6-10)14-15-12-4-2-3-9-13-12/h2-9H,1H3. The minimum absolute atomic E-state index is 1.04. The van der Waals surface area contributed by atoms with Gasteiger partial charge in [-0.25, -0.2) is 4.98 Å². The third-order valence-corrected chi connectivity index (χ3v) is 4.18. The van der Waals surface area contributed by atoms with Gasteiger partial charge in [0.2, 0.25) is 0 Å². The van der Waals surface area contributed by atoms with Crippen LogP contribution in [0.15, 0.2) is 58.6 Å². The Hall–Kier alpha value is -0.930. The molecule has 0 saturated heterocycles. The number of nitrogens with zero attached hydrogens (tertiary/aromatic N) is 1. The van der Waals surface area contributed by atoms with Crippen molar-refractivity contribution in [2.75, 3.05) is 0 Å². The molecule has 2 aromatic rings. The highest BCUT2D eigenvalue weighted by Crippen LogP contribution is 2.35. The summed E-state index contributed by atoms with van der Waals surface area (Å²) in [6.45, 7) is 2.10. The number of aromatic nitrogens is 1. The van der Waals surface area contributed by atoms with Crippen molar-refractivity contribution < 1.29 is 0 Å². The van der Waals surface area contributed by atoms with Crippen molar-refractivity contribution in [1.82, 2.24) is 4.98 Å². The summed E-state index contributed by atoms with van der Waals surface area (Å²) in [4.78, 5) is 5.51. The van der Waals surface area contributed by atoms with Crippen molar-refractivity contribution in [3.8, 4) is 0 Å². The Bertz CT molecular complexity index is 411. The number of benzene rings is 1. The van der Waals surface area contributed by atoms with Crippen LogP contribution in [0.4, 0.5) is 0 Å². The molecule has 0 atom stereocenters. The van der Waals surface area contributed by atoms with Crippen LogP contribution in [0.1, 0.15) is 5.56 Å². The van der Waals surface area contributed by atoms with Gasteiger partial charge in [0, 0.05) is 11.1 Å². The zero-order valence-corrected chi connectivity index (χ0v) is 10.0. The second kappa shape index (κ2) is 5.24. The number of aryl methyl sites for hydroxylation is 1. The van der Waals surface area contributed by atoms with Gasteiger partial charge in [0.1, 0.15) is 5.03 Å². The molecule has 0 bridgehead atoms. The summed E-state index contributed by atoms with van der Waals surface area (Å²) in [6, 6.07) is 14.5. The highest BCUT2D eigenvalue weighted by atomic mass is 33.1. The lowest BCUT2D eigenvalue weighted by atomic mass is 10.2. The van der Waals surface area contributed by atoms with Gasteiger partial charge in [-0.15, -0.1) is 0 Å². The van der Waals surface area contributed by atoms with Gasteiger partial charge < -0.3 is 0 Å². The summed E-state index contributed by atoms with van der Waals surface area (Å²) in [5, 5.41) is 1.04. The van der Waals surface area contributed by atoms with Crippen LogP contribution >= 0.6 is 21.6 Å². The van der Waals surface area contributed by atoms with Gasteiger partial charge in [-0.1, -0.05) is 34.6 Å². The van der Waals surface area contributed by atoms with Crippen LogP contribution in [-0.4, -0.2) is 4.98 Å². The molecule has 0 radical (unpaired) electrons. The van der Waals surface area contributed by atoms with Crippen LogP contribution in [0.2, 0.25) is 0 Å². The number of pyridine rings is 1. The Morgan fingerprint density at radius 3 is 2.40 bits per heavy atom. The summed E-state index contributed by atoms with van der Waals surface area (Å²) in [6.07, 6.45) is 1.82. The molecule has 15 heavy (non-hydrogen) atoms. The monoisotopic (exact) mass is 233 g/mol. The molecule has 0 saturated carbocycles. The van der Waals surface area contributed by atoms with Gasteiger partial charge in [-0.2, -0.15) is 0 Å². The van der Waals surface area contributed by atoms with Crippen molar-refractivity contribution in [3.63, 3.8) is 0 Å². The summed E-state index contributed by atoms with van der Waals surface area (Å²) in [5.41, 5.74) is 1.29. The topological polar surface area (TPSA) is 12.9 Å². The summed E-state index contributed by atoms with van der Waals surface area (Å²) in [7, 11) is 3.42. The van der Waals surface area contributed by atoms with Crippen molar-refractivity contribution in [1.29, 1.82) is 0 Å². The average Bonchev–Trinajstić information content (AvgIpc) is 2.30. The molecule has 0 aliphatic carbocycles. The van der Waals surface area contributed by atoms with E-state index in [2.05, 4.69) is 36.2 Å². The predicted octanol–water partition coefficient (Wildman–Crippen LogP) is 4.19. The lowest BCUT2D eigenvalue weighted by Crippen LogP contribution is -1.74. The third-order valence-electron chi connectivity index (χ3n) is 1.88. The first-order valence-electron chi connectivity index (χ1n) is 4.67. The largest absolute Gasteiger partial charge is 0.249 e. The van der Waals surface area contributed by atoms with Crippen molar-refractivity contribution in [2.45, 2.75) is 16.8 Å². The molecule has 0 aliphatic rings. The summed E-state index contributed by atoms with van der Waals surface area (Å²) in [5.74, 6) is 0. The van der Waals surface area contributed by atoms with Gasteiger partial charge in [0.05, 0.1) is 0 Å². The molecule has 0 spiro atoms. The van der Waals surface area contributed by atoms with E-state index in [0.717, 1.165) is 5.03 Å². The van der Waals surface area contributed by atoms with E-state index in [1.54, 1.807) is 21.6 Å². The highest BCUT2D eigenvalue weighted by Gasteiger charge is 1.97. The fourth-order valence-electron chi connectivity index (χ4n) is 1.08. The summed E-state index contributed by atoms with van der Waals surface area (Å²) >= 11 is 0. The Morgan fingerprint density at radius 1 is 0.933 bits per heavy atom. The molecule has 1 aromatic heterocycles. The Labute approximate surface area is 97.7 Å². The number of rotatable bonds is 3. The minimum Gasteiger partial charge on any atom is -0.249 e. The smallest absolute Gasteiger partial charge is 0.107 e. The minimum atomic E-state index is 1.04. The lowest BCUT2D eigenvalue weighted by molar-refractivity contribution is 1.14. The Kier molecular flexibility index (Phi) is 3.69. The molecule has 0 N–H and O–H groups in total. The van der Waals surface area contributed by atoms with Crippen molar-refractivity contribution in [2.24, 2.45) is 0 Å². The van der Waals surface area contributed by atoms with E-state index in [-0.39, 0.29) is 0 Å². The maximum atomic E-state index is 4.25. The average molecular weight is 233 g/mol. The molecule has 1 aromatic carbocycles. The van der Waals surface area contributed by atoms with Crippen LogP contribution in [0.25, 0.3) is 0 Å². The molecule has 3 heteroatoms. The second-order valence-electron chi connectivity index (χ2n) is 3.15. The van der Waals surface area contributed by atoms with E-state index < -0.39 is 0 Å². The number of hydrogen-bond donors (Lipinski definition) is 0. The van der Waals surface area contributed by atoms with Gasteiger partial charge in [-0.3, -0.25) is 0 Å². The van der Waals surface area contributed by atoms with E-state index in [9.17, 15) is 0 Å². The first kappa shape index (κ1) is 10.6. The predicted molar refractivity (Wildman–Crippen MR) is 67.1 cm³/mol. The van der Waals surface area contributed by atoms with Crippen molar-refractivity contribution in [3.05, 3.63) is 54.2 Å². The normalized spacial score (nSPS) is 10.2. The molecule has 0 fully saturated rings. The fourth-order valence-corrected chi connectivity index (χ4v) is 2.92.